The molecule has 5 nitrogen and oxygen atoms in total. The molecule has 94 valence electrons. The molecule has 0 aliphatic carbocycles. The molecule has 3 N–H and O–H groups in total. The maximum Gasteiger partial charge on any atom is 0.203 e. The van der Waals surface area contributed by atoms with Gasteiger partial charge in [0.25, 0.3) is 0 Å². The van der Waals surface area contributed by atoms with E-state index in [2.05, 4.69) is 46.5 Å². The third kappa shape index (κ3) is 2.68. The Morgan fingerprint density at radius 1 is 1.22 bits per heavy atom. The minimum atomic E-state index is 0.332. The Labute approximate surface area is 106 Å². The lowest BCUT2D eigenvalue weighted by Gasteiger charge is -2.11. The predicted octanol–water partition coefficient (Wildman–Crippen LogP) is 1.99. The number of benzene rings is 1. The topological polar surface area (TPSA) is 73.1 Å². The highest BCUT2D eigenvalue weighted by molar-refractivity contribution is 5.61. The average Bonchev–Trinajstić information content (AvgIpc) is 2.38. The SMILES string of the molecule is COc1c(N)ncnc1NCc1ccc(C)cc1. The van der Waals surface area contributed by atoms with Crippen molar-refractivity contribution in [2.24, 2.45) is 0 Å². The summed E-state index contributed by atoms with van der Waals surface area (Å²) in [5.74, 6) is 1.41. The molecule has 0 bridgehead atoms. The van der Waals surface area contributed by atoms with Crippen LogP contribution >= 0.6 is 0 Å². The second-order valence-electron chi connectivity index (χ2n) is 3.98. The average molecular weight is 244 g/mol. The molecule has 0 radical (unpaired) electrons. The lowest BCUT2D eigenvalue weighted by molar-refractivity contribution is 0.415. The number of nitrogens with one attached hydrogen (secondary N) is 1. The van der Waals surface area contributed by atoms with E-state index in [1.807, 2.05) is 0 Å². The zero-order chi connectivity index (χ0) is 13.0. The Hall–Kier alpha value is -2.30. The molecule has 0 saturated carbocycles. The van der Waals surface area contributed by atoms with Crippen molar-refractivity contribution in [3.63, 3.8) is 0 Å². The van der Waals surface area contributed by atoms with Gasteiger partial charge in [0, 0.05) is 6.54 Å². The van der Waals surface area contributed by atoms with Gasteiger partial charge in [0.15, 0.2) is 11.6 Å². The summed E-state index contributed by atoms with van der Waals surface area (Å²) in [6, 6.07) is 8.28. The molecule has 1 aromatic carbocycles. The van der Waals surface area contributed by atoms with Gasteiger partial charge in [-0.2, -0.15) is 0 Å². The number of hydrogen-bond acceptors (Lipinski definition) is 5. The van der Waals surface area contributed by atoms with Gasteiger partial charge in [0.05, 0.1) is 7.11 Å². The van der Waals surface area contributed by atoms with Gasteiger partial charge in [-0.25, -0.2) is 9.97 Å². The van der Waals surface area contributed by atoms with Crippen molar-refractivity contribution in [2.45, 2.75) is 13.5 Å². The van der Waals surface area contributed by atoms with Crippen LogP contribution in [-0.4, -0.2) is 17.1 Å². The zero-order valence-electron chi connectivity index (χ0n) is 10.5. The molecule has 0 unspecified atom stereocenters. The molecule has 0 aliphatic heterocycles. The summed E-state index contributed by atoms with van der Waals surface area (Å²) in [6.45, 7) is 2.72. The molecular formula is C13H16N4O. The van der Waals surface area contributed by atoms with Crippen LogP contribution in [0.5, 0.6) is 5.75 Å². The third-order valence-corrected chi connectivity index (χ3v) is 2.62. The number of nitrogens with zero attached hydrogens (tertiary/aromatic N) is 2. The first-order valence-electron chi connectivity index (χ1n) is 5.64. The Balaban J connectivity index is 2.10. The number of methoxy groups -OCH3 is 1. The highest BCUT2D eigenvalue weighted by Crippen LogP contribution is 2.26. The van der Waals surface area contributed by atoms with Crippen molar-refractivity contribution in [1.82, 2.24) is 9.97 Å². The largest absolute Gasteiger partial charge is 0.490 e. The van der Waals surface area contributed by atoms with Crippen molar-refractivity contribution in [1.29, 1.82) is 0 Å². The number of nitrogen functional groups attached to an aromatic ring is 1. The van der Waals surface area contributed by atoms with E-state index in [0.29, 0.717) is 23.9 Å². The maximum absolute atomic E-state index is 5.70. The molecule has 1 heterocycles. The molecule has 2 rings (SSSR count). The summed E-state index contributed by atoms with van der Waals surface area (Å²) in [7, 11) is 1.55. The number of anilines is 2. The Morgan fingerprint density at radius 3 is 2.61 bits per heavy atom. The molecule has 0 atom stereocenters. The van der Waals surface area contributed by atoms with Gasteiger partial charge >= 0.3 is 0 Å². The molecule has 0 amide bonds. The van der Waals surface area contributed by atoms with Gasteiger partial charge in [-0.15, -0.1) is 0 Å². The number of rotatable bonds is 4. The molecule has 5 heteroatoms. The number of aromatic nitrogens is 2. The van der Waals surface area contributed by atoms with Gasteiger partial charge in [0.2, 0.25) is 5.75 Å². The summed E-state index contributed by atoms with van der Waals surface area (Å²) in [5.41, 5.74) is 8.11. The van der Waals surface area contributed by atoms with E-state index in [4.69, 9.17) is 10.5 Å². The second-order valence-corrected chi connectivity index (χ2v) is 3.98. The van der Waals surface area contributed by atoms with Gasteiger partial charge < -0.3 is 15.8 Å². The van der Waals surface area contributed by atoms with E-state index in [1.54, 1.807) is 7.11 Å². The van der Waals surface area contributed by atoms with Gasteiger partial charge in [-0.3, -0.25) is 0 Å². The fourth-order valence-electron chi connectivity index (χ4n) is 1.61. The predicted molar refractivity (Wildman–Crippen MR) is 71.5 cm³/mol. The Morgan fingerprint density at radius 2 is 1.94 bits per heavy atom. The molecule has 18 heavy (non-hydrogen) atoms. The molecule has 1 aromatic heterocycles. The lowest BCUT2D eigenvalue weighted by Crippen LogP contribution is -2.06. The van der Waals surface area contributed by atoms with E-state index in [-0.39, 0.29) is 0 Å². The third-order valence-electron chi connectivity index (χ3n) is 2.62. The first-order valence-corrected chi connectivity index (χ1v) is 5.64. The van der Waals surface area contributed by atoms with Crippen molar-refractivity contribution in [3.8, 4) is 5.75 Å². The van der Waals surface area contributed by atoms with Crippen LogP contribution in [0.4, 0.5) is 11.6 Å². The Kier molecular flexibility index (Phi) is 3.62. The molecule has 0 spiro atoms. The highest BCUT2D eigenvalue weighted by atomic mass is 16.5. The van der Waals surface area contributed by atoms with Crippen molar-refractivity contribution in [3.05, 3.63) is 41.7 Å². The fraction of sp³-hybridized carbons (Fsp3) is 0.231. The minimum absolute atomic E-state index is 0.332. The lowest BCUT2D eigenvalue weighted by atomic mass is 10.1. The molecule has 2 aromatic rings. The van der Waals surface area contributed by atoms with Crippen LogP contribution in [0.2, 0.25) is 0 Å². The van der Waals surface area contributed by atoms with E-state index < -0.39 is 0 Å². The summed E-state index contributed by atoms with van der Waals surface area (Å²) in [5, 5.41) is 3.18. The first-order chi connectivity index (χ1) is 8.70. The normalized spacial score (nSPS) is 10.1. The zero-order valence-corrected chi connectivity index (χ0v) is 10.5. The maximum atomic E-state index is 5.70. The number of aryl methyl sites for hydroxylation is 1. The van der Waals surface area contributed by atoms with E-state index in [9.17, 15) is 0 Å². The molecular weight excluding hydrogens is 228 g/mol. The summed E-state index contributed by atoms with van der Waals surface area (Å²) in [6.07, 6.45) is 1.41. The quantitative estimate of drug-likeness (QED) is 0.860. The van der Waals surface area contributed by atoms with Crippen LogP contribution in [0.3, 0.4) is 0 Å². The van der Waals surface area contributed by atoms with Crippen molar-refractivity contribution < 1.29 is 4.74 Å². The van der Waals surface area contributed by atoms with Crippen LogP contribution in [0, 0.1) is 6.92 Å². The first kappa shape index (κ1) is 12.2. The number of hydrogen-bond donors (Lipinski definition) is 2. The standard InChI is InChI=1S/C13H16N4O/c1-9-3-5-10(6-4-9)7-15-13-11(18-2)12(14)16-8-17-13/h3-6,8H,7H2,1-2H3,(H3,14,15,16,17). The summed E-state index contributed by atoms with van der Waals surface area (Å²) >= 11 is 0. The highest BCUT2D eigenvalue weighted by Gasteiger charge is 2.08. The van der Waals surface area contributed by atoms with Crippen molar-refractivity contribution >= 4 is 11.6 Å². The van der Waals surface area contributed by atoms with Crippen LogP contribution in [0.15, 0.2) is 30.6 Å². The van der Waals surface area contributed by atoms with Gasteiger partial charge in [-0.1, -0.05) is 29.8 Å². The number of ether oxygens (including phenoxy) is 1. The van der Waals surface area contributed by atoms with E-state index in [1.165, 1.54) is 17.5 Å². The van der Waals surface area contributed by atoms with Gasteiger partial charge in [0.1, 0.15) is 6.33 Å². The monoisotopic (exact) mass is 244 g/mol. The van der Waals surface area contributed by atoms with E-state index in [0.717, 1.165) is 0 Å². The van der Waals surface area contributed by atoms with Crippen LogP contribution in [0.25, 0.3) is 0 Å². The van der Waals surface area contributed by atoms with Crippen molar-refractivity contribution in [2.75, 3.05) is 18.2 Å². The van der Waals surface area contributed by atoms with Crippen LogP contribution in [0.1, 0.15) is 11.1 Å². The fourth-order valence-corrected chi connectivity index (χ4v) is 1.61. The Bertz CT molecular complexity index is 525. The summed E-state index contributed by atoms with van der Waals surface area (Å²) in [4.78, 5) is 7.99. The minimum Gasteiger partial charge on any atom is -0.490 e. The molecule has 0 aliphatic rings. The smallest absolute Gasteiger partial charge is 0.203 e. The summed E-state index contributed by atoms with van der Waals surface area (Å²) < 4.78 is 5.17. The molecule has 0 saturated heterocycles. The van der Waals surface area contributed by atoms with Crippen LogP contribution < -0.4 is 15.8 Å². The molecule has 0 fully saturated rings. The second kappa shape index (κ2) is 5.35. The number of nitrogens with two attached hydrogens (primary N) is 1. The van der Waals surface area contributed by atoms with Crippen LogP contribution in [-0.2, 0) is 6.54 Å². The van der Waals surface area contributed by atoms with Gasteiger partial charge in [-0.05, 0) is 12.5 Å². The van der Waals surface area contributed by atoms with E-state index >= 15 is 0 Å².